The van der Waals surface area contributed by atoms with E-state index in [-0.39, 0.29) is 5.91 Å². The van der Waals surface area contributed by atoms with Crippen LogP contribution in [0.3, 0.4) is 0 Å². The van der Waals surface area contributed by atoms with Crippen LogP contribution in [-0.4, -0.2) is 29.4 Å². The average Bonchev–Trinajstić information content (AvgIpc) is 2.67. The lowest BCUT2D eigenvalue weighted by Gasteiger charge is -2.23. The molecule has 0 aliphatic carbocycles. The van der Waals surface area contributed by atoms with Gasteiger partial charge in [0.1, 0.15) is 6.54 Å². The molecule has 0 fully saturated rings. The second-order valence-electron chi connectivity index (χ2n) is 7.33. The molecule has 0 heterocycles. The maximum atomic E-state index is 12.6. The molecule has 2 rings (SSSR count). The molecular weight excluding hydrogens is 356 g/mol. The molecule has 3 N–H and O–H groups in total. The van der Waals surface area contributed by atoms with E-state index in [0.717, 1.165) is 19.3 Å². The summed E-state index contributed by atoms with van der Waals surface area (Å²) in [6, 6.07) is 16.5. The number of carbonyl (C=O) groups excluding carboxylic acids is 2. The summed E-state index contributed by atoms with van der Waals surface area (Å²) in [5.41, 5.74) is 1.67. The van der Waals surface area contributed by atoms with E-state index < -0.39 is 23.8 Å². The Balaban J connectivity index is 1.86. The van der Waals surface area contributed by atoms with Gasteiger partial charge < -0.3 is 15.7 Å². The Morgan fingerprint density at radius 2 is 1.61 bits per heavy atom. The Bertz CT molecular complexity index is 814. The van der Waals surface area contributed by atoms with Crippen LogP contribution < -0.4 is 10.6 Å². The Kier molecular flexibility index (Phi) is 7.32. The number of benzene rings is 2. The first kappa shape index (κ1) is 21.2. The van der Waals surface area contributed by atoms with Gasteiger partial charge in [0.05, 0.1) is 0 Å². The fourth-order valence-corrected chi connectivity index (χ4v) is 2.76. The maximum Gasteiger partial charge on any atom is 0.322 e. The standard InChI is InChI=1S/C22H26N2O4/c1-22(2,14-6-9-16-7-4-3-5-8-16)21(28)24-18-12-10-17(11-13-18)20(27)23-15-19(25)26/h3-5,7-8,10-13H,6,9,14-15H2,1-2H3,(H,23,27)(H,24,28)(H,25,26). The number of nitrogens with one attached hydrogen (secondary N) is 2. The molecule has 2 aromatic rings. The molecule has 0 saturated carbocycles. The highest BCUT2D eigenvalue weighted by Gasteiger charge is 2.27. The summed E-state index contributed by atoms with van der Waals surface area (Å²) >= 11 is 0. The highest BCUT2D eigenvalue weighted by molar-refractivity contribution is 5.97. The third-order valence-electron chi connectivity index (χ3n) is 4.53. The maximum absolute atomic E-state index is 12.6. The van der Waals surface area contributed by atoms with E-state index in [1.807, 2.05) is 32.0 Å². The van der Waals surface area contributed by atoms with Gasteiger partial charge in [-0.1, -0.05) is 44.2 Å². The van der Waals surface area contributed by atoms with E-state index in [1.165, 1.54) is 5.56 Å². The molecule has 0 aliphatic rings. The van der Waals surface area contributed by atoms with Gasteiger partial charge in [-0.3, -0.25) is 14.4 Å². The van der Waals surface area contributed by atoms with Crippen molar-refractivity contribution in [2.24, 2.45) is 5.41 Å². The van der Waals surface area contributed by atoms with Crippen LogP contribution >= 0.6 is 0 Å². The third-order valence-corrected chi connectivity index (χ3v) is 4.53. The Morgan fingerprint density at radius 1 is 0.964 bits per heavy atom. The second-order valence-corrected chi connectivity index (χ2v) is 7.33. The molecule has 0 atom stereocenters. The average molecular weight is 382 g/mol. The third kappa shape index (κ3) is 6.54. The number of aliphatic carboxylic acids is 1. The first-order valence-corrected chi connectivity index (χ1v) is 9.23. The first-order valence-electron chi connectivity index (χ1n) is 9.23. The molecule has 0 aromatic heterocycles. The van der Waals surface area contributed by atoms with Crippen molar-refractivity contribution in [3.63, 3.8) is 0 Å². The minimum absolute atomic E-state index is 0.0800. The topological polar surface area (TPSA) is 95.5 Å². The van der Waals surface area contributed by atoms with Gasteiger partial charge in [-0.15, -0.1) is 0 Å². The summed E-state index contributed by atoms with van der Waals surface area (Å²) in [7, 11) is 0. The van der Waals surface area contributed by atoms with Gasteiger partial charge in [0.25, 0.3) is 5.91 Å². The fourth-order valence-electron chi connectivity index (χ4n) is 2.76. The zero-order valence-corrected chi connectivity index (χ0v) is 16.2. The van der Waals surface area contributed by atoms with Crippen LogP contribution in [0, 0.1) is 5.41 Å². The number of carboxylic acid groups (broad SMARTS) is 1. The van der Waals surface area contributed by atoms with E-state index in [9.17, 15) is 14.4 Å². The Labute approximate surface area is 165 Å². The molecule has 148 valence electrons. The number of aryl methyl sites for hydroxylation is 1. The number of hydrogen-bond donors (Lipinski definition) is 3. The van der Waals surface area contributed by atoms with Crippen molar-refractivity contribution in [2.75, 3.05) is 11.9 Å². The number of carbonyl (C=O) groups is 3. The van der Waals surface area contributed by atoms with E-state index in [4.69, 9.17) is 5.11 Å². The van der Waals surface area contributed by atoms with Crippen molar-refractivity contribution in [3.05, 3.63) is 65.7 Å². The molecule has 6 heteroatoms. The molecule has 2 aromatic carbocycles. The zero-order valence-electron chi connectivity index (χ0n) is 16.2. The quantitative estimate of drug-likeness (QED) is 0.619. The van der Waals surface area contributed by atoms with Crippen LogP contribution in [0.2, 0.25) is 0 Å². The van der Waals surface area contributed by atoms with Crippen molar-refractivity contribution in [3.8, 4) is 0 Å². The normalized spacial score (nSPS) is 10.9. The van der Waals surface area contributed by atoms with Gasteiger partial charge in [0, 0.05) is 16.7 Å². The summed E-state index contributed by atoms with van der Waals surface area (Å²) in [6.45, 7) is 3.40. The Morgan fingerprint density at radius 3 is 2.21 bits per heavy atom. The predicted octanol–water partition coefficient (Wildman–Crippen LogP) is 3.49. The zero-order chi connectivity index (χ0) is 20.6. The highest BCUT2D eigenvalue weighted by atomic mass is 16.4. The minimum Gasteiger partial charge on any atom is -0.480 e. The van der Waals surface area contributed by atoms with E-state index in [0.29, 0.717) is 11.3 Å². The molecule has 28 heavy (non-hydrogen) atoms. The van der Waals surface area contributed by atoms with Crippen LogP contribution in [0.4, 0.5) is 5.69 Å². The first-order chi connectivity index (χ1) is 13.3. The lowest BCUT2D eigenvalue weighted by atomic mass is 9.85. The fraction of sp³-hybridized carbons (Fsp3) is 0.318. The van der Waals surface area contributed by atoms with Crippen LogP contribution in [0.15, 0.2) is 54.6 Å². The molecule has 0 unspecified atom stereocenters. The van der Waals surface area contributed by atoms with E-state index in [2.05, 4.69) is 22.8 Å². The van der Waals surface area contributed by atoms with Gasteiger partial charge in [-0.2, -0.15) is 0 Å². The predicted molar refractivity (Wildman–Crippen MR) is 108 cm³/mol. The number of anilines is 1. The molecule has 0 bridgehead atoms. The van der Waals surface area contributed by atoms with Crippen molar-refractivity contribution in [1.29, 1.82) is 0 Å². The van der Waals surface area contributed by atoms with Gasteiger partial charge >= 0.3 is 5.97 Å². The summed E-state index contributed by atoms with van der Waals surface area (Å²) in [4.78, 5) is 34.9. The SMILES string of the molecule is CC(C)(CCCc1ccccc1)C(=O)Nc1ccc(C(=O)NCC(=O)O)cc1. The highest BCUT2D eigenvalue weighted by Crippen LogP contribution is 2.26. The van der Waals surface area contributed by atoms with Crippen molar-refractivity contribution < 1.29 is 19.5 Å². The number of carboxylic acids is 1. The van der Waals surface area contributed by atoms with Crippen molar-refractivity contribution in [1.82, 2.24) is 5.32 Å². The van der Waals surface area contributed by atoms with E-state index in [1.54, 1.807) is 24.3 Å². The lowest BCUT2D eigenvalue weighted by Crippen LogP contribution is -2.31. The van der Waals surface area contributed by atoms with Gasteiger partial charge in [-0.05, 0) is 49.1 Å². The van der Waals surface area contributed by atoms with Crippen molar-refractivity contribution >= 4 is 23.5 Å². The van der Waals surface area contributed by atoms with Gasteiger partial charge in [0.2, 0.25) is 5.91 Å². The lowest BCUT2D eigenvalue weighted by molar-refractivity contribution is -0.135. The summed E-state index contributed by atoms with van der Waals surface area (Å²) in [6.07, 6.45) is 2.59. The monoisotopic (exact) mass is 382 g/mol. The van der Waals surface area contributed by atoms with Crippen LogP contribution in [0.25, 0.3) is 0 Å². The molecule has 0 spiro atoms. The summed E-state index contributed by atoms with van der Waals surface area (Å²) < 4.78 is 0. The minimum atomic E-state index is -1.10. The van der Waals surface area contributed by atoms with Crippen LogP contribution in [-0.2, 0) is 16.0 Å². The smallest absolute Gasteiger partial charge is 0.322 e. The molecule has 2 amide bonds. The van der Waals surface area contributed by atoms with Crippen LogP contribution in [0.1, 0.15) is 42.6 Å². The van der Waals surface area contributed by atoms with Gasteiger partial charge in [-0.25, -0.2) is 0 Å². The molecular formula is C22H26N2O4. The molecule has 0 saturated heterocycles. The largest absolute Gasteiger partial charge is 0.480 e. The number of rotatable bonds is 9. The van der Waals surface area contributed by atoms with Gasteiger partial charge in [0.15, 0.2) is 0 Å². The molecule has 0 radical (unpaired) electrons. The number of hydrogen-bond acceptors (Lipinski definition) is 3. The number of amides is 2. The van der Waals surface area contributed by atoms with E-state index >= 15 is 0 Å². The molecule has 0 aliphatic heterocycles. The molecule has 6 nitrogen and oxygen atoms in total. The van der Waals surface area contributed by atoms with Crippen LogP contribution in [0.5, 0.6) is 0 Å². The summed E-state index contributed by atoms with van der Waals surface area (Å²) in [5, 5.41) is 13.8. The van der Waals surface area contributed by atoms with Crippen molar-refractivity contribution in [2.45, 2.75) is 33.1 Å². The summed E-state index contributed by atoms with van der Waals surface area (Å²) in [5.74, 6) is -1.66. The Hall–Kier alpha value is -3.15. The second kappa shape index (κ2) is 9.69.